The molecule has 0 saturated carbocycles. The van der Waals surface area contributed by atoms with E-state index in [1.165, 1.54) is 7.11 Å². The molecule has 0 radical (unpaired) electrons. The summed E-state index contributed by atoms with van der Waals surface area (Å²) in [5, 5.41) is 4.91. The zero-order valence-electron chi connectivity index (χ0n) is 11.6. The summed E-state index contributed by atoms with van der Waals surface area (Å²) in [6.45, 7) is 2.53. The van der Waals surface area contributed by atoms with Crippen LogP contribution in [0.1, 0.15) is 17.7 Å². The minimum absolute atomic E-state index is 0.00886. The minimum Gasteiger partial charge on any atom is -0.469 e. The highest BCUT2D eigenvalue weighted by atomic mass is 32.1. The van der Waals surface area contributed by atoms with Crippen molar-refractivity contribution in [3.8, 4) is 0 Å². The predicted octanol–water partition coefficient (Wildman–Crippen LogP) is 1.25. The molecule has 1 aliphatic rings. The molecule has 2 rings (SSSR count). The van der Waals surface area contributed by atoms with Gasteiger partial charge in [0.05, 0.1) is 26.1 Å². The summed E-state index contributed by atoms with van der Waals surface area (Å²) in [6.07, 6.45) is 1.54. The Morgan fingerprint density at radius 2 is 2.20 bits per heavy atom. The number of likely N-dealkylation sites (tertiary alicyclic amines) is 1. The van der Waals surface area contributed by atoms with Crippen LogP contribution in [0.5, 0.6) is 0 Å². The number of rotatable bonds is 5. The molecule has 5 nitrogen and oxygen atoms in total. The highest BCUT2D eigenvalue weighted by Gasteiger charge is 2.26. The van der Waals surface area contributed by atoms with Gasteiger partial charge in [0.1, 0.15) is 0 Å². The Kier molecular flexibility index (Phi) is 5.55. The van der Waals surface area contributed by atoms with Crippen molar-refractivity contribution in [3.63, 3.8) is 0 Å². The number of nitrogens with one attached hydrogen (secondary N) is 1. The molecule has 0 bridgehead atoms. The first kappa shape index (κ1) is 15.0. The first-order chi connectivity index (χ1) is 9.69. The second-order valence-electron chi connectivity index (χ2n) is 4.93. The van der Waals surface area contributed by atoms with Crippen molar-refractivity contribution in [2.75, 3.05) is 26.7 Å². The number of hydrogen-bond donors (Lipinski definition) is 1. The molecule has 110 valence electrons. The summed E-state index contributed by atoms with van der Waals surface area (Å²) in [5.41, 5.74) is 0. The number of amides is 1. The second kappa shape index (κ2) is 7.40. The van der Waals surface area contributed by atoms with Gasteiger partial charge in [-0.15, -0.1) is 11.3 Å². The van der Waals surface area contributed by atoms with E-state index in [0.29, 0.717) is 13.1 Å². The van der Waals surface area contributed by atoms with Gasteiger partial charge in [0, 0.05) is 4.88 Å². The third-order valence-corrected chi connectivity index (χ3v) is 4.41. The van der Waals surface area contributed by atoms with E-state index >= 15 is 0 Å². The van der Waals surface area contributed by atoms with Gasteiger partial charge in [0.25, 0.3) is 0 Å². The molecule has 6 heteroatoms. The zero-order chi connectivity index (χ0) is 14.4. The average molecular weight is 296 g/mol. The van der Waals surface area contributed by atoms with E-state index in [-0.39, 0.29) is 17.8 Å². The molecular weight excluding hydrogens is 276 g/mol. The van der Waals surface area contributed by atoms with Crippen LogP contribution in [0, 0.1) is 5.92 Å². The van der Waals surface area contributed by atoms with E-state index in [9.17, 15) is 9.59 Å². The number of thiophene rings is 1. The average Bonchev–Trinajstić information content (AvgIpc) is 2.98. The van der Waals surface area contributed by atoms with Gasteiger partial charge in [-0.05, 0) is 37.4 Å². The first-order valence-electron chi connectivity index (χ1n) is 6.78. The van der Waals surface area contributed by atoms with Gasteiger partial charge in [-0.2, -0.15) is 0 Å². The molecule has 0 unspecified atom stereocenters. The van der Waals surface area contributed by atoms with Gasteiger partial charge in [-0.1, -0.05) is 6.07 Å². The molecule has 1 aromatic rings. The lowest BCUT2D eigenvalue weighted by molar-refractivity contribution is -0.147. The highest BCUT2D eigenvalue weighted by molar-refractivity contribution is 7.09. The third kappa shape index (κ3) is 4.31. The molecule has 0 aromatic carbocycles. The normalized spacial score (nSPS) is 16.9. The van der Waals surface area contributed by atoms with Gasteiger partial charge in [0.2, 0.25) is 5.91 Å². The summed E-state index contributed by atoms with van der Waals surface area (Å²) >= 11 is 1.64. The number of esters is 1. The molecule has 20 heavy (non-hydrogen) atoms. The molecule has 1 N–H and O–H groups in total. The number of ether oxygens (including phenoxy) is 1. The Morgan fingerprint density at radius 3 is 2.80 bits per heavy atom. The maximum atomic E-state index is 11.8. The van der Waals surface area contributed by atoms with Crippen molar-refractivity contribution in [2.24, 2.45) is 5.92 Å². The Bertz CT molecular complexity index is 439. The number of carbonyl (C=O) groups is 2. The van der Waals surface area contributed by atoms with Crippen molar-refractivity contribution in [1.29, 1.82) is 0 Å². The van der Waals surface area contributed by atoms with Crippen LogP contribution in [-0.4, -0.2) is 43.5 Å². The van der Waals surface area contributed by atoms with Crippen LogP contribution in [0.25, 0.3) is 0 Å². The van der Waals surface area contributed by atoms with E-state index in [1.807, 2.05) is 17.5 Å². The first-order valence-corrected chi connectivity index (χ1v) is 7.66. The van der Waals surface area contributed by atoms with Crippen LogP contribution in [0.15, 0.2) is 17.5 Å². The smallest absolute Gasteiger partial charge is 0.308 e. The van der Waals surface area contributed by atoms with E-state index in [1.54, 1.807) is 11.3 Å². The van der Waals surface area contributed by atoms with Gasteiger partial charge < -0.3 is 10.1 Å². The summed E-state index contributed by atoms with van der Waals surface area (Å²) in [6, 6.07) is 3.98. The molecule has 0 atom stereocenters. The largest absolute Gasteiger partial charge is 0.469 e. The molecule has 1 aliphatic heterocycles. The highest BCUT2D eigenvalue weighted by Crippen LogP contribution is 2.18. The Labute approximate surface area is 122 Å². The second-order valence-corrected chi connectivity index (χ2v) is 5.96. The number of piperidine rings is 1. The lowest BCUT2D eigenvalue weighted by atomic mass is 9.97. The van der Waals surface area contributed by atoms with Gasteiger partial charge >= 0.3 is 5.97 Å². The molecule has 1 aromatic heterocycles. The fourth-order valence-corrected chi connectivity index (χ4v) is 3.00. The van der Waals surface area contributed by atoms with Crippen molar-refractivity contribution >= 4 is 23.2 Å². The summed E-state index contributed by atoms with van der Waals surface area (Å²) in [5.74, 6) is -0.104. The van der Waals surface area contributed by atoms with Gasteiger partial charge in [0.15, 0.2) is 0 Å². The fourth-order valence-electron chi connectivity index (χ4n) is 2.35. The number of carbonyl (C=O) groups excluding carboxylic acids is 2. The minimum atomic E-state index is -0.133. The lowest BCUT2D eigenvalue weighted by Crippen LogP contribution is -2.42. The van der Waals surface area contributed by atoms with E-state index in [2.05, 4.69) is 10.2 Å². The molecule has 2 heterocycles. The monoisotopic (exact) mass is 296 g/mol. The number of methoxy groups -OCH3 is 1. The van der Waals surface area contributed by atoms with Crippen molar-refractivity contribution in [3.05, 3.63) is 22.4 Å². The fraction of sp³-hybridized carbons (Fsp3) is 0.571. The predicted molar refractivity (Wildman–Crippen MR) is 77.3 cm³/mol. The number of hydrogen-bond acceptors (Lipinski definition) is 5. The molecule has 0 aliphatic carbocycles. The maximum Gasteiger partial charge on any atom is 0.308 e. The van der Waals surface area contributed by atoms with Crippen LogP contribution in [0.3, 0.4) is 0 Å². The summed E-state index contributed by atoms with van der Waals surface area (Å²) in [7, 11) is 1.42. The van der Waals surface area contributed by atoms with Crippen LogP contribution in [-0.2, 0) is 20.9 Å². The Hall–Kier alpha value is -1.40. The maximum absolute atomic E-state index is 11.8. The summed E-state index contributed by atoms with van der Waals surface area (Å²) < 4.78 is 4.75. The Balaban J connectivity index is 1.67. The molecule has 1 fully saturated rings. The zero-order valence-corrected chi connectivity index (χ0v) is 12.4. The van der Waals surface area contributed by atoms with E-state index in [4.69, 9.17) is 4.74 Å². The molecule has 0 spiro atoms. The molecule has 1 amide bonds. The van der Waals surface area contributed by atoms with Crippen molar-refractivity contribution in [1.82, 2.24) is 10.2 Å². The SMILES string of the molecule is COC(=O)C1CCN(CC(=O)NCc2cccs2)CC1. The third-order valence-electron chi connectivity index (χ3n) is 3.53. The van der Waals surface area contributed by atoms with Crippen LogP contribution in [0.2, 0.25) is 0 Å². The van der Waals surface area contributed by atoms with Crippen LogP contribution in [0.4, 0.5) is 0 Å². The van der Waals surface area contributed by atoms with Gasteiger partial charge in [-0.3, -0.25) is 14.5 Å². The van der Waals surface area contributed by atoms with Crippen molar-refractivity contribution in [2.45, 2.75) is 19.4 Å². The molecule has 1 saturated heterocycles. The Morgan fingerprint density at radius 1 is 1.45 bits per heavy atom. The summed E-state index contributed by atoms with van der Waals surface area (Å²) in [4.78, 5) is 26.5. The van der Waals surface area contributed by atoms with Gasteiger partial charge in [-0.25, -0.2) is 0 Å². The quantitative estimate of drug-likeness (QED) is 0.831. The standard InChI is InChI=1S/C14H20N2O3S/c1-19-14(18)11-4-6-16(7-5-11)10-13(17)15-9-12-3-2-8-20-12/h2-3,8,11H,4-7,9-10H2,1H3,(H,15,17). The topological polar surface area (TPSA) is 58.6 Å². The van der Waals surface area contributed by atoms with Crippen molar-refractivity contribution < 1.29 is 14.3 Å². The number of nitrogens with zero attached hydrogens (tertiary/aromatic N) is 1. The molecular formula is C14H20N2O3S. The van der Waals surface area contributed by atoms with Crippen LogP contribution < -0.4 is 5.32 Å². The van der Waals surface area contributed by atoms with Crippen LogP contribution >= 0.6 is 11.3 Å². The van der Waals surface area contributed by atoms with E-state index in [0.717, 1.165) is 30.8 Å². The van der Waals surface area contributed by atoms with E-state index < -0.39 is 0 Å². The lowest BCUT2D eigenvalue weighted by Gasteiger charge is -2.29.